The molecule has 0 spiro atoms. The summed E-state index contributed by atoms with van der Waals surface area (Å²) in [6.07, 6.45) is 3.82. The molecule has 0 saturated heterocycles. The number of fused-ring (bicyclic) bond motifs is 2. The third-order valence-electron chi connectivity index (χ3n) is 7.90. The van der Waals surface area contributed by atoms with Crippen LogP contribution in [0.25, 0.3) is 21.3 Å². The molecule has 6 aromatic rings. The monoisotopic (exact) mass is 631 g/mol. The summed E-state index contributed by atoms with van der Waals surface area (Å²) >= 11 is 1.41. The summed E-state index contributed by atoms with van der Waals surface area (Å²) in [5.74, 6) is -0.984. The van der Waals surface area contributed by atoms with E-state index < -0.39 is 10.9 Å². The number of carboxylic acids is 1. The van der Waals surface area contributed by atoms with Crippen LogP contribution in [0.1, 0.15) is 37.5 Å². The van der Waals surface area contributed by atoms with Gasteiger partial charge in [-0.05, 0) is 47.9 Å². The average molecular weight is 632 g/mol. The van der Waals surface area contributed by atoms with Crippen molar-refractivity contribution in [2.45, 2.75) is 19.5 Å². The lowest BCUT2D eigenvalue weighted by Crippen LogP contribution is -2.33. The van der Waals surface area contributed by atoms with Crippen LogP contribution < -0.4 is 10.2 Å². The Labute approximate surface area is 265 Å². The van der Waals surface area contributed by atoms with Gasteiger partial charge in [-0.15, -0.1) is 0 Å². The minimum atomic E-state index is -1.20. The Morgan fingerprint density at radius 3 is 2.65 bits per heavy atom. The number of nitrogens with one attached hydrogen (secondary N) is 1. The highest BCUT2D eigenvalue weighted by Gasteiger charge is 2.25. The van der Waals surface area contributed by atoms with Gasteiger partial charge in [0.25, 0.3) is 11.6 Å². The molecule has 1 aliphatic heterocycles. The number of aromatic nitrogens is 4. The van der Waals surface area contributed by atoms with Gasteiger partial charge in [-0.3, -0.25) is 24.9 Å². The van der Waals surface area contributed by atoms with Crippen LogP contribution in [0, 0.1) is 10.1 Å². The molecule has 1 aliphatic rings. The second kappa shape index (κ2) is 11.9. The molecule has 0 unspecified atom stereocenters. The molecular weight excluding hydrogens is 606 g/mol. The first-order valence-electron chi connectivity index (χ1n) is 14.4. The van der Waals surface area contributed by atoms with Crippen LogP contribution in [0.15, 0.2) is 91.3 Å². The first kappa shape index (κ1) is 28.8. The van der Waals surface area contributed by atoms with Gasteiger partial charge in [0.15, 0.2) is 10.8 Å². The SMILES string of the molecule is O=C(Nc1nc2ccccc2s1)c1cccc2c1CN(c1ccc(-c3cnn(Cc4ccccc4[N+](=O)[O-])c3)c(C(=O)O)n1)CC2. The molecule has 7 rings (SSSR count). The third kappa shape index (κ3) is 5.55. The lowest BCUT2D eigenvalue weighted by molar-refractivity contribution is -0.385. The summed E-state index contributed by atoms with van der Waals surface area (Å²) in [4.78, 5) is 47.8. The van der Waals surface area contributed by atoms with E-state index in [2.05, 4.69) is 20.4 Å². The van der Waals surface area contributed by atoms with Crippen LogP contribution in [-0.2, 0) is 19.5 Å². The van der Waals surface area contributed by atoms with Gasteiger partial charge in [-0.2, -0.15) is 5.10 Å². The molecule has 0 atom stereocenters. The van der Waals surface area contributed by atoms with Gasteiger partial charge in [0, 0.05) is 42.0 Å². The molecule has 0 radical (unpaired) electrons. The predicted molar refractivity (Wildman–Crippen MR) is 173 cm³/mol. The fourth-order valence-corrected chi connectivity index (χ4v) is 6.55. The first-order chi connectivity index (χ1) is 22.3. The molecule has 228 valence electrons. The Hall–Kier alpha value is -5.95. The summed E-state index contributed by atoms with van der Waals surface area (Å²) in [6.45, 7) is 1.11. The third-order valence-corrected chi connectivity index (χ3v) is 8.86. The van der Waals surface area contributed by atoms with E-state index in [0.29, 0.717) is 52.7 Å². The highest BCUT2D eigenvalue weighted by Crippen LogP contribution is 2.31. The summed E-state index contributed by atoms with van der Waals surface area (Å²) in [7, 11) is 0. The Morgan fingerprint density at radius 1 is 1.00 bits per heavy atom. The molecule has 0 fully saturated rings. The predicted octanol–water partition coefficient (Wildman–Crippen LogP) is 6.02. The molecule has 13 heteroatoms. The highest BCUT2D eigenvalue weighted by atomic mass is 32.1. The number of benzene rings is 3. The van der Waals surface area contributed by atoms with Crippen LogP contribution in [0.5, 0.6) is 0 Å². The van der Waals surface area contributed by atoms with E-state index in [1.54, 1.807) is 42.6 Å². The van der Waals surface area contributed by atoms with Crippen LogP contribution in [0.3, 0.4) is 0 Å². The minimum Gasteiger partial charge on any atom is -0.476 e. The zero-order chi connectivity index (χ0) is 31.8. The number of carbonyl (C=O) groups is 2. The number of anilines is 2. The van der Waals surface area contributed by atoms with Crippen molar-refractivity contribution in [2.24, 2.45) is 0 Å². The fourth-order valence-electron chi connectivity index (χ4n) is 5.69. The molecule has 0 bridgehead atoms. The van der Waals surface area contributed by atoms with Gasteiger partial charge in [0.2, 0.25) is 0 Å². The zero-order valence-corrected chi connectivity index (χ0v) is 25.0. The number of carboxylic acid groups (broad SMARTS) is 1. The van der Waals surface area contributed by atoms with Crippen molar-refractivity contribution in [2.75, 3.05) is 16.8 Å². The molecule has 2 N–H and O–H groups in total. The minimum absolute atomic E-state index is 0.0164. The number of rotatable bonds is 8. The van der Waals surface area contributed by atoms with Crippen molar-refractivity contribution in [1.82, 2.24) is 19.7 Å². The van der Waals surface area contributed by atoms with Crippen molar-refractivity contribution >= 4 is 50.1 Å². The van der Waals surface area contributed by atoms with Crippen molar-refractivity contribution in [1.29, 1.82) is 0 Å². The molecule has 46 heavy (non-hydrogen) atoms. The van der Waals surface area contributed by atoms with Gasteiger partial charge in [-0.1, -0.05) is 53.8 Å². The van der Waals surface area contributed by atoms with E-state index >= 15 is 0 Å². The van der Waals surface area contributed by atoms with Crippen molar-refractivity contribution in [3.05, 3.63) is 129 Å². The Morgan fingerprint density at radius 2 is 1.83 bits per heavy atom. The number of amides is 1. The van der Waals surface area contributed by atoms with E-state index in [1.807, 2.05) is 41.3 Å². The molecule has 12 nitrogen and oxygen atoms in total. The molecule has 4 heterocycles. The molecule has 3 aromatic carbocycles. The summed E-state index contributed by atoms with van der Waals surface area (Å²) < 4.78 is 2.51. The van der Waals surface area contributed by atoms with Crippen LogP contribution in [-0.4, -0.2) is 48.2 Å². The maximum atomic E-state index is 13.4. The standard InChI is InChI=1S/C33H25N7O5S/c41-31(37-33-35-26-9-2-4-11-28(26)46-33)24-8-5-7-20-14-15-38(19-25(20)24)29-13-12-23(30(36-29)32(42)43)22-16-34-39(18-22)17-21-6-1-3-10-27(21)40(44)45/h1-13,16,18H,14-15,17,19H2,(H,42,43)(H,35,37,41). The number of thiazole rings is 1. The summed E-state index contributed by atoms with van der Waals surface area (Å²) in [5.41, 5.74) is 4.47. The normalized spacial score (nSPS) is 12.6. The van der Waals surface area contributed by atoms with Crippen LogP contribution in [0.2, 0.25) is 0 Å². The van der Waals surface area contributed by atoms with E-state index in [4.69, 9.17) is 0 Å². The number of hydrogen-bond acceptors (Lipinski definition) is 9. The van der Waals surface area contributed by atoms with Gasteiger partial charge >= 0.3 is 5.97 Å². The highest BCUT2D eigenvalue weighted by molar-refractivity contribution is 7.22. The lowest BCUT2D eigenvalue weighted by Gasteiger charge is -2.31. The van der Waals surface area contributed by atoms with Gasteiger partial charge in [0.05, 0.1) is 33.4 Å². The molecule has 0 saturated carbocycles. The van der Waals surface area contributed by atoms with E-state index in [9.17, 15) is 24.8 Å². The molecule has 1 amide bonds. The number of nitro groups is 1. The van der Waals surface area contributed by atoms with E-state index in [-0.39, 0.29) is 23.8 Å². The summed E-state index contributed by atoms with van der Waals surface area (Å²) in [6, 6.07) is 23.2. The van der Waals surface area contributed by atoms with Crippen molar-refractivity contribution in [3.8, 4) is 11.1 Å². The second-order valence-corrected chi connectivity index (χ2v) is 11.8. The number of para-hydroxylation sites is 2. The largest absolute Gasteiger partial charge is 0.476 e. The fraction of sp³-hybridized carbons (Fsp3) is 0.121. The Balaban J connectivity index is 1.13. The van der Waals surface area contributed by atoms with Crippen molar-refractivity contribution in [3.63, 3.8) is 0 Å². The maximum absolute atomic E-state index is 13.4. The first-order valence-corrected chi connectivity index (χ1v) is 15.2. The van der Waals surface area contributed by atoms with E-state index in [1.165, 1.54) is 28.3 Å². The number of nitro benzene ring substituents is 1. The van der Waals surface area contributed by atoms with Crippen LogP contribution >= 0.6 is 11.3 Å². The maximum Gasteiger partial charge on any atom is 0.355 e. The quantitative estimate of drug-likeness (QED) is 0.151. The topological polar surface area (TPSA) is 156 Å². The number of pyridine rings is 1. The van der Waals surface area contributed by atoms with Crippen LogP contribution in [0.4, 0.5) is 16.6 Å². The van der Waals surface area contributed by atoms with E-state index in [0.717, 1.165) is 21.3 Å². The Kier molecular flexibility index (Phi) is 7.42. The zero-order valence-electron chi connectivity index (χ0n) is 24.2. The number of carbonyl (C=O) groups excluding carboxylic acids is 1. The second-order valence-electron chi connectivity index (χ2n) is 10.7. The van der Waals surface area contributed by atoms with Gasteiger partial charge in [0.1, 0.15) is 5.82 Å². The molecule has 0 aliphatic carbocycles. The average Bonchev–Trinajstić information content (AvgIpc) is 3.70. The van der Waals surface area contributed by atoms with Crippen molar-refractivity contribution < 1.29 is 19.6 Å². The molecule has 3 aromatic heterocycles. The van der Waals surface area contributed by atoms with Gasteiger partial charge in [-0.25, -0.2) is 14.8 Å². The Bertz CT molecular complexity index is 2120. The lowest BCUT2D eigenvalue weighted by atomic mass is 9.94. The summed E-state index contributed by atoms with van der Waals surface area (Å²) in [5, 5.41) is 29.3. The smallest absolute Gasteiger partial charge is 0.355 e. The van der Waals surface area contributed by atoms with Gasteiger partial charge < -0.3 is 10.0 Å². The number of aromatic carboxylic acids is 1. The number of hydrogen-bond donors (Lipinski definition) is 2. The molecular formula is C33H25N7O5S. The number of nitrogens with zero attached hydrogens (tertiary/aromatic N) is 6.